The Kier molecular flexibility index (Phi) is 5.28. The van der Waals surface area contributed by atoms with Gasteiger partial charge in [-0.25, -0.2) is 9.69 Å². The molecular weight excluding hydrogens is 368 g/mol. The van der Waals surface area contributed by atoms with E-state index in [0.717, 1.165) is 10.5 Å². The van der Waals surface area contributed by atoms with Crippen LogP contribution in [0, 0.1) is 6.92 Å². The fourth-order valence-electron chi connectivity index (χ4n) is 2.73. The van der Waals surface area contributed by atoms with Gasteiger partial charge in [0.2, 0.25) is 0 Å². The highest BCUT2D eigenvalue weighted by molar-refractivity contribution is 6.53. The predicted molar refractivity (Wildman–Crippen MR) is 103 cm³/mol. The summed E-state index contributed by atoms with van der Waals surface area (Å²) in [6, 6.07) is 13.5. The number of hydrogen-bond donors (Lipinski definition) is 1. The summed E-state index contributed by atoms with van der Waals surface area (Å²) in [4.78, 5) is 38.3. The van der Waals surface area contributed by atoms with Crippen molar-refractivity contribution in [1.82, 2.24) is 0 Å². The molecule has 3 rings (SSSR count). The van der Waals surface area contributed by atoms with Crippen molar-refractivity contribution in [2.24, 2.45) is 0 Å². The van der Waals surface area contributed by atoms with Crippen LogP contribution in [0.1, 0.15) is 22.8 Å². The molecule has 6 nitrogen and oxygen atoms in total. The van der Waals surface area contributed by atoms with E-state index in [2.05, 4.69) is 5.32 Å². The molecule has 0 saturated heterocycles. The second kappa shape index (κ2) is 7.63. The fraction of sp³-hybridized carbons (Fsp3) is 0.150. The lowest BCUT2D eigenvalue weighted by molar-refractivity contribution is -0.120. The maximum Gasteiger partial charge on any atom is 0.338 e. The van der Waals surface area contributed by atoms with Crippen LogP contribution in [0.3, 0.4) is 0 Å². The summed E-state index contributed by atoms with van der Waals surface area (Å²) >= 11 is 6.14. The standard InChI is InChI=1S/C20H17ClN2O4/c1-3-27-20(26)13-8-6-9-14(11-13)22-17-16(21)18(24)23(19(17)25)15-10-5-4-7-12(15)2/h4-11,22H,3H2,1-2H3. The average molecular weight is 385 g/mol. The summed E-state index contributed by atoms with van der Waals surface area (Å²) in [5, 5.41) is 2.65. The van der Waals surface area contributed by atoms with Crippen molar-refractivity contribution < 1.29 is 19.1 Å². The minimum atomic E-state index is -0.597. The van der Waals surface area contributed by atoms with Crippen LogP contribution in [0.25, 0.3) is 0 Å². The number of nitrogens with one attached hydrogen (secondary N) is 1. The smallest absolute Gasteiger partial charge is 0.338 e. The number of anilines is 2. The summed E-state index contributed by atoms with van der Waals surface area (Å²) < 4.78 is 4.97. The number of carbonyl (C=O) groups excluding carboxylic acids is 3. The molecule has 0 radical (unpaired) electrons. The van der Waals surface area contributed by atoms with Crippen LogP contribution in [0.4, 0.5) is 11.4 Å². The maximum atomic E-state index is 12.8. The molecule has 0 atom stereocenters. The number of nitrogens with zero attached hydrogens (tertiary/aromatic N) is 1. The summed E-state index contributed by atoms with van der Waals surface area (Å²) in [5.41, 5.74) is 1.98. The molecule has 2 aromatic carbocycles. The van der Waals surface area contributed by atoms with Crippen LogP contribution in [-0.4, -0.2) is 24.4 Å². The van der Waals surface area contributed by atoms with Gasteiger partial charge in [0.05, 0.1) is 17.9 Å². The lowest BCUT2D eigenvalue weighted by Crippen LogP contribution is -2.32. The van der Waals surface area contributed by atoms with E-state index in [9.17, 15) is 14.4 Å². The lowest BCUT2D eigenvalue weighted by atomic mass is 10.2. The second-order valence-electron chi connectivity index (χ2n) is 5.85. The molecule has 0 unspecified atom stereocenters. The quantitative estimate of drug-likeness (QED) is 0.629. The third kappa shape index (κ3) is 3.57. The van der Waals surface area contributed by atoms with Crippen LogP contribution >= 0.6 is 11.6 Å². The van der Waals surface area contributed by atoms with E-state index in [1.54, 1.807) is 50.2 Å². The highest BCUT2D eigenvalue weighted by Gasteiger charge is 2.39. The number of carbonyl (C=O) groups is 3. The van der Waals surface area contributed by atoms with Gasteiger partial charge in [-0.3, -0.25) is 9.59 Å². The van der Waals surface area contributed by atoms with Crippen molar-refractivity contribution in [3.63, 3.8) is 0 Å². The Hall–Kier alpha value is -3.12. The molecule has 0 spiro atoms. The topological polar surface area (TPSA) is 75.7 Å². The van der Waals surface area contributed by atoms with Crippen molar-refractivity contribution in [3.05, 3.63) is 70.4 Å². The molecule has 1 aliphatic heterocycles. The van der Waals surface area contributed by atoms with Gasteiger partial charge >= 0.3 is 5.97 Å². The van der Waals surface area contributed by atoms with E-state index >= 15 is 0 Å². The van der Waals surface area contributed by atoms with Crippen LogP contribution in [0.15, 0.2) is 59.3 Å². The van der Waals surface area contributed by atoms with E-state index in [1.165, 1.54) is 6.07 Å². The first-order valence-corrected chi connectivity index (χ1v) is 8.70. The summed E-state index contributed by atoms with van der Waals surface area (Å²) in [6.07, 6.45) is 0. The van der Waals surface area contributed by atoms with Crippen LogP contribution < -0.4 is 10.2 Å². The third-order valence-corrected chi connectivity index (χ3v) is 4.38. The highest BCUT2D eigenvalue weighted by Crippen LogP contribution is 2.31. The molecule has 0 bridgehead atoms. The summed E-state index contributed by atoms with van der Waals surface area (Å²) in [7, 11) is 0. The van der Waals surface area contributed by atoms with Gasteiger partial charge in [-0.1, -0.05) is 35.9 Å². The Balaban J connectivity index is 1.89. The first kappa shape index (κ1) is 18.7. The van der Waals surface area contributed by atoms with Crippen molar-refractivity contribution in [3.8, 4) is 0 Å². The van der Waals surface area contributed by atoms with Gasteiger partial charge in [0.15, 0.2) is 0 Å². The second-order valence-corrected chi connectivity index (χ2v) is 6.23. The molecule has 2 amide bonds. The first-order valence-electron chi connectivity index (χ1n) is 8.32. The third-order valence-electron chi connectivity index (χ3n) is 4.03. The number of aryl methyl sites for hydroxylation is 1. The number of rotatable bonds is 5. The number of esters is 1. The SMILES string of the molecule is CCOC(=O)c1cccc(NC2=C(Cl)C(=O)N(c3ccccc3C)C2=O)c1. The Morgan fingerprint density at radius 2 is 1.85 bits per heavy atom. The minimum Gasteiger partial charge on any atom is -0.462 e. The van der Waals surface area contributed by atoms with Crippen molar-refractivity contribution >= 4 is 40.8 Å². The Bertz CT molecular complexity index is 968. The molecule has 1 N–H and O–H groups in total. The molecule has 138 valence electrons. The zero-order valence-electron chi connectivity index (χ0n) is 14.8. The molecular formula is C20H17ClN2O4. The zero-order chi connectivity index (χ0) is 19.6. The normalized spacial score (nSPS) is 14.0. The highest BCUT2D eigenvalue weighted by atomic mass is 35.5. The number of para-hydroxylation sites is 1. The van der Waals surface area contributed by atoms with Gasteiger partial charge in [0.25, 0.3) is 11.8 Å². The number of halogens is 1. The summed E-state index contributed by atoms with van der Waals surface area (Å²) in [5.74, 6) is -1.63. The number of ether oxygens (including phenoxy) is 1. The van der Waals surface area contributed by atoms with E-state index in [4.69, 9.17) is 16.3 Å². The molecule has 0 fully saturated rings. The van der Waals surface area contributed by atoms with Crippen molar-refractivity contribution in [2.75, 3.05) is 16.8 Å². The molecule has 1 heterocycles. The predicted octanol–water partition coefficient (Wildman–Crippen LogP) is 3.61. The van der Waals surface area contributed by atoms with E-state index in [1.807, 2.05) is 6.07 Å². The molecule has 1 aliphatic rings. The fourth-order valence-corrected chi connectivity index (χ4v) is 2.94. The zero-order valence-corrected chi connectivity index (χ0v) is 15.5. The first-order chi connectivity index (χ1) is 12.9. The van der Waals surface area contributed by atoms with Gasteiger partial charge in [-0.15, -0.1) is 0 Å². The number of benzene rings is 2. The Morgan fingerprint density at radius 1 is 1.11 bits per heavy atom. The largest absolute Gasteiger partial charge is 0.462 e. The molecule has 0 aliphatic carbocycles. The van der Waals surface area contributed by atoms with Gasteiger partial charge in [0, 0.05) is 5.69 Å². The number of imide groups is 1. The maximum absolute atomic E-state index is 12.8. The molecule has 0 saturated carbocycles. The van der Waals surface area contributed by atoms with Gasteiger partial charge in [0.1, 0.15) is 10.7 Å². The summed E-state index contributed by atoms with van der Waals surface area (Å²) in [6.45, 7) is 3.78. The monoisotopic (exact) mass is 384 g/mol. The average Bonchev–Trinajstić information content (AvgIpc) is 2.86. The van der Waals surface area contributed by atoms with Gasteiger partial charge < -0.3 is 10.1 Å². The van der Waals surface area contributed by atoms with Crippen LogP contribution in [0.5, 0.6) is 0 Å². The lowest BCUT2D eigenvalue weighted by Gasteiger charge is -2.17. The van der Waals surface area contributed by atoms with Gasteiger partial charge in [-0.05, 0) is 43.7 Å². The van der Waals surface area contributed by atoms with Crippen LogP contribution in [-0.2, 0) is 14.3 Å². The minimum absolute atomic E-state index is 0.0362. The van der Waals surface area contributed by atoms with Crippen molar-refractivity contribution in [1.29, 1.82) is 0 Å². The number of amides is 2. The van der Waals surface area contributed by atoms with E-state index in [-0.39, 0.29) is 17.3 Å². The van der Waals surface area contributed by atoms with Gasteiger partial charge in [-0.2, -0.15) is 0 Å². The van der Waals surface area contributed by atoms with Crippen molar-refractivity contribution in [2.45, 2.75) is 13.8 Å². The van der Waals surface area contributed by atoms with Crippen LogP contribution in [0.2, 0.25) is 0 Å². The van der Waals surface area contributed by atoms with E-state index in [0.29, 0.717) is 16.9 Å². The number of hydrogen-bond acceptors (Lipinski definition) is 5. The molecule has 27 heavy (non-hydrogen) atoms. The Labute approximate surface area is 161 Å². The Morgan fingerprint density at radius 3 is 2.56 bits per heavy atom. The molecule has 0 aromatic heterocycles. The molecule has 7 heteroatoms. The molecule has 2 aromatic rings. The van der Waals surface area contributed by atoms with E-state index < -0.39 is 17.8 Å².